The number of aryl methyl sites for hydroxylation is 3. The molecule has 2 aromatic rings. The Morgan fingerprint density at radius 1 is 1.13 bits per heavy atom. The molecule has 0 amide bonds. The quantitative estimate of drug-likeness (QED) is 0.921. The summed E-state index contributed by atoms with van der Waals surface area (Å²) in [7, 11) is 2.17. The van der Waals surface area contributed by atoms with E-state index in [0.717, 1.165) is 39.8 Å². The number of nitrogens with zero attached hydrogens (tertiary/aromatic N) is 1. The number of fused-ring (bicyclic) bond motifs is 1. The molecule has 0 saturated heterocycles. The fourth-order valence-electron chi connectivity index (χ4n) is 4.00. The Hall–Kier alpha value is -1.61. The standard InChI is InChI=1S/C20H28N2O/c1-13-10-14(2)19-17(11-13)20(23)18(15(3)21-19)12-22(4)16-8-6-5-7-9-16/h10-11,16H,5-9,12H2,1-4H3,(H,21,23). The largest absolute Gasteiger partial charge is 0.358 e. The molecule has 1 heterocycles. The Kier molecular flexibility index (Phi) is 4.58. The van der Waals surface area contributed by atoms with E-state index in [9.17, 15) is 4.79 Å². The fraction of sp³-hybridized carbons (Fsp3) is 0.550. The number of H-pyrrole nitrogens is 1. The number of aromatic amines is 1. The lowest BCUT2D eigenvalue weighted by molar-refractivity contribution is 0.184. The van der Waals surface area contributed by atoms with E-state index in [1.54, 1.807) is 0 Å². The highest BCUT2D eigenvalue weighted by Gasteiger charge is 2.20. The molecule has 1 aliphatic rings. The fourth-order valence-corrected chi connectivity index (χ4v) is 4.00. The molecular formula is C20H28N2O. The lowest BCUT2D eigenvalue weighted by Gasteiger charge is -2.31. The number of hydrogen-bond acceptors (Lipinski definition) is 2. The maximum Gasteiger partial charge on any atom is 0.194 e. The van der Waals surface area contributed by atoms with E-state index in [1.165, 1.54) is 32.1 Å². The Balaban J connectivity index is 1.99. The van der Waals surface area contributed by atoms with Crippen LogP contribution in [0.3, 0.4) is 0 Å². The molecule has 124 valence electrons. The highest BCUT2D eigenvalue weighted by molar-refractivity contribution is 5.83. The summed E-state index contributed by atoms with van der Waals surface area (Å²) in [5.41, 5.74) is 5.42. The van der Waals surface area contributed by atoms with Crippen molar-refractivity contribution in [1.82, 2.24) is 9.88 Å². The maximum atomic E-state index is 13.0. The number of pyridine rings is 1. The van der Waals surface area contributed by atoms with Crippen LogP contribution in [0.15, 0.2) is 16.9 Å². The highest BCUT2D eigenvalue weighted by atomic mass is 16.1. The highest BCUT2D eigenvalue weighted by Crippen LogP contribution is 2.24. The van der Waals surface area contributed by atoms with Gasteiger partial charge in [0.25, 0.3) is 0 Å². The number of nitrogens with one attached hydrogen (secondary N) is 1. The topological polar surface area (TPSA) is 36.1 Å². The summed E-state index contributed by atoms with van der Waals surface area (Å²) in [6.07, 6.45) is 6.53. The molecule has 1 fully saturated rings. The molecule has 1 aromatic carbocycles. The van der Waals surface area contributed by atoms with Crippen LogP contribution in [0.1, 0.15) is 54.5 Å². The van der Waals surface area contributed by atoms with Crippen molar-refractivity contribution >= 4 is 10.9 Å². The molecular weight excluding hydrogens is 284 g/mol. The van der Waals surface area contributed by atoms with Crippen LogP contribution in [0.5, 0.6) is 0 Å². The van der Waals surface area contributed by atoms with Gasteiger partial charge in [0.1, 0.15) is 0 Å². The van der Waals surface area contributed by atoms with Crippen LogP contribution in [0.25, 0.3) is 10.9 Å². The molecule has 1 aromatic heterocycles. The molecule has 1 aliphatic carbocycles. The SMILES string of the molecule is Cc1cc(C)c2[nH]c(C)c(CN(C)C3CCCCC3)c(=O)c2c1. The molecule has 0 radical (unpaired) electrons. The van der Waals surface area contributed by atoms with Crippen molar-refractivity contribution in [3.05, 3.63) is 44.7 Å². The third-order valence-corrected chi connectivity index (χ3v) is 5.37. The predicted octanol–water partition coefficient (Wildman–Crippen LogP) is 4.22. The van der Waals surface area contributed by atoms with Gasteiger partial charge >= 0.3 is 0 Å². The Morgan fingerprint density at radius 2 is 1.83 bits per heavy atom. The minimum Gasteiger partial charge on any atom is -0.358 e. The van der Waals surface area contributed by atoms with Crippen molar-refractivity contribution in [3.8, 4) is 0 Å². The van der Waals surface area contributed by atoms with E-state index >= 15 is 0 Å². The molecule has 0 atom stereocenters. The second-order valence-corrected chi connectivity index (χ2v) is 7.27. The number of rotatable bonds is 3. The molecule has 3 heteroatoms. The zero-order chi connectivity index (χ0) is 16.6. The van der Waals surface area contributed by atoms with E-state index in [4.69, 9.17) is 0 Å². The molecule has 1 N–H and O–H groups in total. The smallest absolute Gasteiger partial charge is 0.194 e. The first-order chi connectivity index (χ1) is 11.0. The van der Waals surface area contributed by atoms with Gasteiger partial charge in [-0.15, -0.1) is 0 Å². The van der Waals surface area contributed by atoms with Crippen molar-refractivity contribution in [2.45, 2.75) is 65.5 Å². The number of benzene rings is 1. The lowest BCUT2D eigenvalue weighted by Crippen LogP contribution is -2.34. The van der Waals surface area contributed by atoms with Gasteiger partial charge in [-0.05, 0) is 57.9 Å². The van der Waals surface area contributed by atoms with Crippen LogP contribution in [0.2, 0.25) is 0 Å². The summed E-state index contributed by atoms with van der Waals surface area (Å²) in [5, 5.41) is 0.833. The average Bonchev–Trinajstić information content (AvgIpc) is 2.53. The van der Waals surface area contributed by atoms with E-state index in [0.29, 0.717) is 6.04 Å². The Bertz CT molecular complexity index is 769. The van der Waals surface area contributed by atoms with Crippen molar-refractivity contribution in [2.75, 3.05) is 7.05 Å². The minimum atomic E-state index is 0.200. The summed E-state index contributed by atoms with van der Waals surface area (Å²) in [5.74, 6) is 0. The van der Waals surface area contributed by atoms with Crippen molar-refractivity contribution < 1.29 is 0 Å². The summed E-state index contributed by atoms with van der Waals surface area (Å²) in [6.45, 7) is 6.90. The minimum absolute atomic E-state index is 0.200. The summed E-state index contributed by atoms with van der Waals surface area (Å²) in [4.78, 5) is 18.9. The van der Waals surface area contributed by atoms with Gasteiger partial charge in [-0.25, -0.2) is 0 Å². The second-order valence-electron chi connectivity index (χ2n) is 7.27. The molecule has 3 nitrogen and oxygen atoms in total. The third kappa shape index (κ3) is 3.20. The predicted molar refractivity (Wildman–Crippen MR) is 97.1 cm³/mol. The van der Waals surface area contributed by atoms with E-state index < -0.39 is 0 Å². The van der Waals surface area contributed by atoms with Crippen molar-refractivity contribution in [2.24, 2.45) is 0 Å². The van der Waals surface area contributed by atoms with Crippen LogP contribution in [0.4, 0.5) is 0 Å². The van der Waals surface area contributed by atoms with Gasteiger partial charge in [-0.3, -0.25) is 9.69 Å². The Morgan fingerprint density at radius 3 is 2.52 bits per heavy atom. The molecule has 0 bridgehead atoms. The van der Waals surface area contributed by atoms with Gasteiger partial charge < -0.3 is 4.98 Å². The molecule has 23 heavy (non-hydrogen) atoms. The van der Waals surface area contributed by atoms with Gasteiger partial charge in [0.2, 0.25) is 0 Å². The van der Waals surface area contributed by atoms with Crippen LogP contribution in [0, 0.1) is 20.8 Å². The van der Waals surface area contributed by atoms with Crippen molar-refractivity contribution in [1.29, 1.82) is 0 Å². The average molecular weight is 312 g/mol. The van der Waals surface area contributed by atoms with Gasteiger partial charge in [0.15, 0.2) is 5.43 Å². The number of hydrogen-bond donors (Lipinski definition) is 1. The van der Waals surface area contributed by atoms with Crippen LogP contribution < -0.4 is 5.43 Å². The summed E-state index contributed by atoms with van der Waals surface area (Å²) >= 11 is 0. The monoisotopic (exact) mass is 312 g/mol. The van der Waals surface area contributed by atoms with Gasteiger partial charge in [-0.2, -0.15) is 0 Å². The first-order valence-electron chi connectivity index (χ1n) is 8.80. The molecule has 0 aliphatic heterocycles. The third-order valence-electron chi connectivity index (χ3n) is 5.37. The summed E-state index contributed by atoms with van der Waals surface area (Å²) in [6, 6.07) is 4.77. The maximum absolute atomic E-state index is 13.0. The van der Waals surface area contributed by atoms with E-state index in [-0.39, 0.29) is 5.43 Å². The lowest BCUT2D eigenvalue weighted by atomic mass is 9.94. The molecule has 0 unspecified atom stereocenters. The van der Waals surface area contributed by atoms with Crippen LogP contribution >= 0.6 is 0 Å². The molecule has 0 spiro atoms. The molecule has 1 saturated carbocycles. The van der Waals surface area contributed by atoms with Gasteiger partial charge in [0, 0.05) is 29.2 Å². The second kappa shape index (κ2) is 6.48. The van der Waals surface area contributed by atoms with Crippen LogP contribution in [-0.4, -0.2) is 23.0 Å². The summed E-state index contributed by atoms with van der Waals surface area (Å²) < 4.78 is 0. The van der Waals surface area contributed by atoms with Gasteiger partial charge in [0.05, 0.1) is 5.52 Å². The first kappa shape index (κ1) is 16.3. The van der Waals surface area contributed by atoms with Crippen molar-refractivity contribution in [3.63, 3.8) is 0 Å². The van der Waals surface area contributed by atoms with E-state index in [1.807, 2.05) is 13.0 Å². The molecule has 3 rings (SSSR count). The normalized spacial score (nSPS) is 16.4. The van der Waals surface area contributed by atoms with E-state index in [2.05, 4.69) is 36.8 Å². The zero-order valence-corrected chi connectivity index (χ0v) is 14.8. The number of aromatic nitrogens is 1. The first-order valence-corrected chi connectivity index (χ1v) is 8.80. The zero-order valence-electron chi connectivity index (χ0n) is 14.8. The van der Waals surface area contributed by atoms with Crippen LogP contribution in [-0.2, 0) is 6.54 Å². The Labute approximate surface area is 138 Å². The van der Waals surface area contributed by atoms with Gasteiger partial charge in [-0.1, -0.05) is 25.3 Å².